The van der Waals surface area contributed by atoms with E-state index in [0.717, 1.165) is 22.2 Å². The van der Waals surface area contributed by atoms with Crippen molar-refractivity contribution in [3.63, 3.8) is 0 Å². The first-order chi connectivity index (χ1) is 9.19. The smallest absolute Gasteiger partial charge is 0.176 e. The van der Waals surface area contributed by atoms with Crippen molar-refractivity contribution in [2.24, 2.45) is 0 Å². The molecule has 1 N–H and O–H groups in total. The minimum Gasteiger partial charge on any atom is -0.452 e. The number of nitrogens with zero attached hydrogens (tertiary/aromatic N) is 2. The van der Waals surface area contributed by atoms with Crippen LogP contribution in [0, 0.1) is 11.3 Å². The summed E-state index contributed by atoms with van der Waals surface area (Å²) in [6, 6.07) is 9.73. The van der Waals surface area contributed by atoms with Crippen LogP contribution < -0.4 is 5.32 Å². The zero-order valence-corrected chi connectivity index (χ0v) is 10.8. The van der Waals surface area contributed by atoms with Crippen molar-refractivity contribution in [2.45, 2.75) is 19.9 Å². The van der Waals surface area contributed by atoms with Crippen LogP contribution in [-0.4, -0.2) is 11.0 Å². The second-order valence-corrected chi connectivity index (χ2v) is 4.76. The topological polar surface area (TPSA) is 61.9 Å². The minimum atomic E-state index is 0.313. The second-order valence-electron chi connectivity index (χ2n) is 4.76. The normalized spacial score (nSPS) is 11.1. The van der Waals surface area contributed by atoms with Crippen molar-refractivity contribution in [1.29, 1.82) is 5.26 Å². The molecule has 3 rings (SSSR count). The molecule has 0 bridgehead atoms. The van der Waals surface area contributed by atoms with E-state index in [1.165, 1.54) is 0 Å². The lowest BCUT2D eigenvalue weighted by molar-refractivity contribution is 0.667. The van der Waals surface area contributed by atoms with E-state index in [9.17, 15) is 0 Å². The van der Waals surface area contributed by atoms with Crippen LogP contribution in [0.4, 0.5) is 5.69 Å². The van der Waals surface area contributed by atoms with Crippen LogP contribution in [0.2, 0.25) is 0 Å². The third-order valence-corrected chi connectivity index (χ3v) is 2.93. The lowest BCUT2D eigenvalue weighted by Crippen LogP contribution is -2.09. The first-order valence-corrected chi connectivity index (χ1v) is 6.17. The molecule has 0 amide bonds. The van der Waals surface area contributed by atoms with Crippen LogP contribution >= 0.6 is 0 Å². The van der Waals surface area contributed by atoms with Crippen LogP contribution in [0.1, 0.15) is 19.4 Å². The monoisotopic (exact) mass is 251 g/mol. The summed E-state index contributed by atoms with van der Waals surface area (Å²) < 4.78 is 5.85. The molecule has 0 aliphatic carbocycles. The Morgan fingerprint density at radius 3 is 2.89 bits per heavy atom. The fourth-order valence-electron chi connectivity index (χ4n) is 2.15. The summed E-state index contributed by atoms with van der Waals surface area (Å²) in [6.45, 7) is 4.14. The van der Waals surface area contributed by atoms with Gasteiger partial charge in [0.25, 0.3) is 0 Å². The molecule has 0 radical (unpaired) electrons. The molecule has 3 aromatic rings. The molecule has 0 aliphatic rings. The van der Waals surface area contributed by atoms with Gasteiger partial charge in [0.15, 0.2) is 5.58 Å². The van der Waals surface area contributed by atoms with E-state index >= 15 is 0 Å². The predicted octanol–water partition coefficient (Wildman–Crippen LogP) is 3.67. The molecule has 0 saturated carbocycles. The molecule has 0 atom stereocenters. The summed E-state index contributed by atoms with van der Waals surface area (Å²) in [5.74, 6) is 0. The Labute approximate surface area is 110 Å². The average Bonchev–Trinajstić information content (AvgIpc) is 2.77. The zero-order chi connectivity index (χ0) is 13.4. The molecule has 0 saturated heterocycles. The number of nitriles is 1. The zero-order valence-electron chi connectivity index (χ0n) is 10.8. The number of hydrogen-bond donors (Lipinski definition) is 1. The average molecular weight is 251 g/mol. The number of furan rings is 1. The summed E-state index contributed by atoms with van der Waals surface area (Å²) in [5.41, 5.74) is 3.77. The maximum atomic E-state index is 8.93. The number of pyridine rings is 1. The molecule has 0 unspecified atom stereocenters. The summed E-state index contributed by atoms with van der Waals surface area (Å²) in [4.78, 5) is 4.38. The van der Waals surface area contributed by atoms with Crippen LogP contribution in [0.5, 0.6) is 0 Å². The number of hydrogen-bond acceptors (Lipinski definition) is 4. The van der Waals surface area contributed by atoms with Crippen molar-refractivity contribution >= 4 is 27.8 Å². The Morgan fingerprint density at radius 1 is 1.32 bits per heavy atom. The van der Waals surface area contributed by atoms with Crippen LogP contribution in [0.3, 0.4) is 0 Å². The Hall–Kier alpha value is -2.54. The molecule has 19 heavy (non-hydrogen) atoms. The van der Waals surface area contributed by atoms with Gasteiger partial charge in [0.05, 0.1) is 17.3 Å². The van der Waals surface area contributed by atoms with Crippen molar-refractivity contribution in [2.75, 3.05) is 5.32 Å². The standard InChI is InChI=1S/C15H13N3O/c1-9(2)18-12-5-6-17-14-11-4-3-10(8-16)7-13(11)19-15(12)14/h3-7,9H,1-2H3,(H,17,18). The van der Waals surface area contributed by atoms with Crippen molar-refractivity contribution in [3.8, 4) is 6.07 Å². The van der Waals surface area contributed by atoms with Crippen molar-refractivity contribution in [1.82, 2.24) is 4.98 Å². The Bertz CT molecular complexity index is 796. The fourth-order valence-corrected chi connectivity index (χ4v) is 2.15. The van der Waals surface area contributed by atoms with Gasteiger partial charge in [0.2, 0.25) is 0 Å². The summed E-state index contributed by atoms with van der Waals surface area (Å²) >= 11 is 0. The highest BCUT2D eigenvalue weighted by molar-refractivity contribution is 6.06. The van der Waals surface area contributed by atoms with Crippen molar-refractivity contribution < 1.29 is 4.42 Å². The highest BCUT2D eigenvalue weighted by atomic mass is 16.3. The van der Waals surface area contributed by atoms with Gasteiger partial charge in [-0.05, 0) is 38.1 Å². The van der Waals surface area contributed by atoms with E-state index in [0.29, 0.717) is 17.2 Å². The summed E-state index contributed by atoms with van der Waals surface area (Å²) in [5, 5.41) is 13.2. The van der Waals surface area contributed by atoms with E-state index in [-0.39, 0.29) is 0 Å². The third-order valence-electron chi connectivity index (χ3n) is 2.93. The molecule has 2 aromatic heterocycles. The highest BCUT2D eigenvalue weighted by Gasteiger charge is 2.12. The Kier molecular flexibility index (Phi) is 2.60. The van der Waals surface area contributed by atoms with Crippen LogP contribution in [0.15, 0.2) is 34.9 Å². The van der Waals surface area contributed by atoms with Gasteiger partial charge in [-0.1, -0.05) is 0 Å². The van der Waals surface area contributed by atoms with E-state index in [1.807, 2.05) is 12.1 Å². The van der Waals surface area contributed by atoms with E-state index in [2.05, 4.69) is 30.2 Å². The second kappa shape index (κ2) is 4.29. The van der Waals surface area contributed by atoms with E-state index < -0.39 is 0 Å². The maximum absolute atomic E-state index is 8.93. The van der Waals surface area contributed by atoms with E-state index in [1.54, 1.807) is 18.3 Å². The van der Waals surface area contributed by atoms with Gasteiger partial charge in [-0.3, -0.25) is 4.98 Å². The molecule has 1 aromatic carbocycles. The van der Waals surface area contributed by atoms with E-state index in [4.69, 9.17) is 9.68 Å². The number of nitrogens with one attached hydrogen (secondary N) is 1. The number of rotatable bonds is 2. The largest absolute Gasteiger partial charge is 0.452 e. The number of fused-ring (bicyclic) bond motifs is 3. The van der Waals surface area contributed by atoms with Gasteiger partial charge < -0.3 is 9.73 Å². The van der Waals surface area contributed by atoms with Gasteiger partial charge in [-0.25, -0.2) is 0 Å². The molecular weight excluding hydrogens is 238 g/mol. The molecular formula is C15H13N3O. The maximum Gasteiger partial charge on any atom is 0.176 e. The van der Waals surface area contributed by atoms with Gasteiger partial charge in [0, 0.05) is 17.6 Å². The Balaban J connectivity index is 2.30. The Morgan fingerprint density at radius 2 is 2.16 bits per heavy atom. The lowest BCUT2D eigenvalue weighted by Gasteiger charge is -2.09. The van der Waals surface area contributed by atoms with Gasteiger partial charge in [0.1, 0.15) is 11.1 Å². The minimum absolute atomic E-state index is 0.313. The first kappa shape index (κ1) is 11.5. The van der Waals surface area contributed by atoms with Crippen LogP contribution in [-0.2, 0) is 0 Å². The molecule has 0 spiro atoms. The summed E-state index contributed by atoms with van der Waals surface area (Å²) in [7, 11) is 0. The summed E-state index contributed by atoms with van der Waals surface area (Å²) in [6.07, 6.45) is 1.76. The third kappa shape index (κ3) is 1.89. The molecule has 2 heterocycles. The number of aromatic nitrogens is 1. The van der Waals surface area contributed by atoms with Crippen molar-refractivity contribution in [3.05, 3.63) is 36.0 Å². The molecule has 94 valence electrons. The number of benzene rings is 1. The molecule has 0 fully saturated rings. The fraction of sp³-hybridized carbons (Fsp3) is 0.200. The van der Waals surface area contributed by atoms with Gasteiger partial charge >= 0.3 is 0 Å². The van der Waals surface area contributed by atoms with Gasteiger partial charge in [-0.2, -0.15) is 5.26 Å². The van der Waals surface area contributed by atoms with Crippen LogP contribution in [0.25, 0.3) is 22.1 Å². The molecule has 0 aliphatic heterocycles. The molecule has 4 nitrogen and oxygen atoms in total. The SMILES string of the molecule is CC(C)Nc1ccnc2c1oc1cc(C#N)ccc12. The molecule has 4 heteroatoms. The number of anilines is 1. The predicted molar refractivity (Wildman–Crippen MR) is 75.0 cm³/mol. The quantitative estimate of drug-likeness (QED) is 0.754. The highest BCUT2D eigenvalue weighted by Crippen LogP contribution is 2.32. The first-order valence-electron chi connectivity index (χ1n) is 6.17. The lowest BCUT2D eigenvalue weighted by atomic mass is 10.1. The van der Waals surface area contributed by atoms with Gasteiger partial charge in [-0.15, -0.1) is 0 Å².